The van der Waals surface area contributed by atoms with Gasteiger partial charge < -0.3 is 108 Å². The molecule has 0 bridgehead atoms. The van der Waals surface area contributed by atoms with Crippen molar-refractivity contribution in [2.75, 3.05) is 37.7 Å². The normalized spacial score (nSPS) is 21.7. The van der Waals surface area contributed by atoms with Crippen LogP contribution in [0, 0.1) is 0 Å². The van der Waals surface area contributed by atoms with Crippen molar-refractivity contribution in [3.05, 3.63) is 65.7 Å². The Kier molecular flexibility index (Phi) is 31.0. The number of aliphatic imine (C=N–C) groups is 1. The maximum atomic E-state index is 15.0. The number of nitrogens with one attached hydrogen (secondary N) is 10. The average Bonchev–Trinajstić information content (AvgIpc) is 2.04. The summed E-state index contributed by atoms with van der Waals surface area (Å²) in [5, 5.41) is 54.4. The number of phenolic OH excluding ortho intramolecular Hbond substituents is 1. The van der Waals surface area contributed by atoms with Crippen LogP contribution in [0.3, 0.4) is 0 Å². The zero-order valence-electron chi connectivity index (χ0n) is 51.0. The number of hydrogen-bond donors (Lipinski definition) is 19. The number of amides is 14. The van der Waals surface area contributed by atoms with E-state index in [0.717, 1.165) is 26.5 Å². The van der Waals surface area contributed by atoms with Crippen molar-refractivity contribution in [3.8, 4) is 5.75 Å². The maximum absolute atomic E-state index is 15.0. The Balaban J connectivity index is 1.85. The molecule has 2 heterocycles. The van der Waals surface area contributed by atoms with Gasteiger partial charge in [0, 0.05) is 43.9 Å². The number of carbonyl (C=O) groups is 14. The number of nitrogens with two attached hydrogens (primary N) is 6. The van der Waals surface area contributed by atoms with Gasteiger partial charge >= 0.3 is 0 Å². The molecule has 0 aromatic heterocycles. The lowest BCUT2D eigenvalue weighted by Gasteiger charge is -2.31. The van der Waals surface area contributed by atoms with E-state index >= 15 is 0 Å². The van der Waals surface area contributed by atoms with Crippen molar-refractivity contribution in [2.45, 2.75) is 144 Å². The highest BCUT2D eigenvalue weighted by atomic mass is 33.1. The summed E-state index contributed by atoms with van der Waals surface area (Å²) in [6.45, 7) is 0.720. The summed E-state index contributed by atoms with van der Waals surface area (Å²) < 4.78 is 0. The van der Waals surface area contributed by atoms with Crippen molar-refractivity contribution in [2.24, 2.45) is 39.4 Å². The van der Waals surface area contributed by atoms with E-state index in [9.17, 15) is 82.4 Å². The summed E-state index contributed by atoms with van der Waals surface area (Å²) in [5.74, 6) is -15.6. The van der Waals surface area contributed by atoms with Crippen LogP contribution < -0.4 is 87.6 Å². The molecule has 12 atom stereocenters. The van der Waals surface area contributed by atoms with Crippen LogP contribution in [0.1, 0.15) is 69.9 Å². The smallest absolute Gasteiger partial charge is 0.246 e. The number of benzene rings is 2. The highest BCUT2D eigenvalue weighted by molar-refractivity contribution is 8.76. The molecule has 93 heavy (non-hydrogen) atoms. The molecule has 37 heteroatoms. The lowest BCUT2D eigenvalue weighted by Crippen LogP contribution is -2.62. The number of primary amides is 3. The van der Waals surface area contributed by atoms with Crippen LogP contribution >= 0.6 is 21.6 Å². The van der Waals surface area contributed by atoms with Gasteiger partial charge in [-0.1, -0.05) is 64.1 Å². The molecule has 2 aliphatic heterocycles. The Morgan fingerprint density at radius 2 is 1.25 bits per heavy atom. The van der Waals surface area contributed by atoms with Gasteiger partial charge in [0.15, 0.2) is 5.96 Å². The molecular weight excluding hydrogens is 1260 g/mol. The standard InChI is InChI=1S/C56H82N18O17S2/c1-27(65-51(87)37(24-75)71-54(90)44(60)28(2)76)45(81)72-38-25-92-93-26-39(55(91)74-19-7-11-40(74)53(89)67-32(10-6-18-63-56(61)62)46(82)64-23-43(59)80)73-50(86)36(22-42(58)79)70-47(83)33(16-17-41(57)78)66-48(84)34(20-29-8-4-3-5-9-29)68-49(85)35(69-52(38)88)21-30-12-14-31(77)15-13-30/h3-5,8-9,12-15,27-28,32-40,44,75-77H,6-7,10-11,16-26,60H2,1-2H3,(H2,57,78)(H2,58,79)(H2,59,80)(H,64,82)(H,65,87)(H,66,84)(H,67,89)(H,68,85)(H,69,88)(H,70,83)(H,71,90)(H,72,81)(H,73,86)(H4,61,62,63)/t27-,28+,32-,33-,34+,35-,36-,37-,38-,39-,40?,44-/m0/s1. The van der Waals surface area contributed by atoms with Crippen LogP contribution in [-0.4, -0.2) is 219 Å². The average molecular weight is 1340 g/mol. The van der Waals surface area contributed by atoms with E-state index in [2.05, 4.69) is 58.2 Å². The third-order valence-corrected chi connectivity index (χ3v) is 16.7. The molecular formula is C56H82N18O17S2. The maximum Gasteiger partial charge on any atom is 0.246 e. The molecule has 35 nitrogen and oxygen atoms in total. The number of aliphatic hydroxyl groups excluding tert-OH is 2. The van der Waals surface area contributed by atoms with Gasteiger partial charge in [-0.2, -0.15) is 0 Å². The molecule has 1 unspecified atom stereocenters. The predicted molar refractivity (Wildman–Crippen MR) is 336 cm³/mol. The topological polar surface area (TPSA) is 592 Å². The second kappa shape index (κ2) is 37.9. The van der Waals surface area contributed by atoms with Crippen molar-refractivity contribution in [1.82, 2.24) is 58.1 Å². The second-order valence-electron chi connectivity index (χ2n) is 21.8. The van der Waals surface area contributed by atoms with Crippen molar-refractivity contribution in [1.29, 1.82) is 0 Å². The Morgan fingerprint density at radius 3 is 1.84 bits per heavy atom. The summed E-state index contributed by atoms with van der Waals surface area (Å²) >= 11 is 0. The lowest BCUT2D eigenvalue weighted by atomic mass is 10.0. The number of aliphatic hydroxyl groups is 2. The first-order valence-corrected chi connectivity index (χ1v) is 31.8. The van der Waals surface area contributed by atoms with E-state index in [1.807, 2.05) is 0 Å². The highest BCUT2D eigenvalue weighted by Gasteiger charge is 2.41. The van der Waals surface area contributed by atoms with Gasteiger partial charge in [0.1, 0.15) is 72.2 Å². The summed E-state index contributed by atoms with van der Waals surface area (Å²) in [4.78, 5) is 197. The molecule has 2 aliphatic rings. The zero-order chi connectivity index (χ0) is 69.1. The van der Waals surface area contributed by atoms with E-state index in [1.165, 1.54) is 38.1 Å². The predicted octanol–water partition coefficient (Wildman–Crippen LogP) is -8.56. The van der Waals surface area contributed by atoms with Gasteiger partial charge in [-0.3, -0.25) is 72.1 Å². The van der Waals surface area contributed by atoms with Crippen LogP contribution in [0.15, 0.2) is 59.6 Å². The Hall–Kier alpha value is -9.33. The Bertz CT molecular complexity index is 3040. The van der Waals surface area contributed by atoms with Crippen LogP contribution in [0.4, 0.5) is 0 Å². The minimum Gasteiger partial charge on any atom is -0.508 e. The van der Waals surface area contributed by atoms with E-state index in [1.54, 1.807) is 30.3 Å². The number of aromatic hydroxyl groups is 1. The number of likely N-dealkylation sites (tertiary alicyclic amines) is 1. The van der Waals surface area contributed by atoms with Gasteiger partial charge in [0.2, 0.25) is 82.7 Å². The SMILES string of the molecule is C[C@H](NC(=O)[C@H](CO)NC(=O)[C@@H](N)[C@@H](C)O)C(=O)N[C@H]1CSSC[C@@H](C(=O)N2CCCC2C(=O)N[C@@H](CCCN=C(N)N)C(=O)NCC(N)=O)NC(=O)[C@H](CC(N)=O)NC(=O)[C@H](CCC(N)=O)NC(=O)[C@@H](Cc2ccccc2)NC(=O)[C@H](Cc2ccc(O)cc2)NC1=O. The fourth-order valence-corrected chi connectivity index (χ4v) is 11.6. The monoisotopic (exact) mass is 1340 g/mol. The van der Waals surface area contributed by atoms with Crippen LogP contribution in [0.25, 0.3) is 0 Å². The van der Waals surface area contributed by atoms with Crippen LogP contribution in [0.2, 0.25) is 0 Å². The van der Waals surface area contributed by atoms with Crippen molar-refractivity contribution >= 4 is 110 Å². The zero-order valence-corrected chi connectivity index (χ0v) is 52.6. The molecule has 0 saturated carbocycles. The Morgan fingerprint density at radius 1 is 0.667 bits per heavy atom. The fourth-order valence-electron chi connectivity index (χ4n) is 9.25. The molecule has 2 aromatic carbocycles. The van der Waals surface area contributed by atoms with E-state index in [4.69, 9.17) is 34.4 Å². The third kappa shape index (κ3) is 25.7. The third-order valence-electron chi connectivity index (χ3n) is 14.3. The molecule has 14 amide bonds. The first-order chi connectivity index (χ1) is 44.0. The minimum absolute atomic E-state index is 0.0162. The quantitative estimate of drug-likeness (QED) is 0.0171. The molecule has 0 spiro atoms. The molecule has 25 N–H and O–H groups in total. The summed E-state index contributed by atoms with van der Waals surface area (Å²) in [7, 11) is 1.62. The molecule has 510 valence electrons. The van der Waals surface area contributed by atoms with Gasteiger partial charge in [-0.25, -0.2) is 0 Å². The van der Waals surface area contributed by atoms with Gasteiger partial charge in [0.05, 0.1) is 25.7 Å². The summed E-state index contributed by atoms with van der Waals surface area (Å²) in [6, 6.07) is -4.10. The number of nitrogens with zero attached hydrogens (tertiary/aromatic N) is 2. The molecule has 0 aliphatic carbocycles. The highest BCUT2D eigenvalue weighted by Crippen LogP contribution is 2.26. The van der Waals surface area contributed by atoms with E-state index < -0.39 is 199 Å². The van der Waals surface area contributed by atoms with Gasteiger partial charge in [-0.05, 0) is 69.2 Å². The second-order valence-corrected chi connectivity index (χ2v) is 24.3. The Labute approximate surface area is 541 Å². The van der Waals surface area contributed by atoms with Crippen molar-refractivity contribution in [3.63, 3.8) is 0 Å². The molecule has 2 saturated heterocycles. The molecule has 0 radical (unpaired) electrons. The number of hydrogen-bond acceptors (Lipinski definition) is 21. The largest absolute Gasteiger partial charge is 0.508 e. The van der Waals surface area contributed by atoms with Crippen LogP contribution in [-0.2, 0) is 80.0 Å². The molecule has 4 rings (SSSR count). The summed E-state index contributed by atoms with van der Waals surface area (Å²) in [5.41, 5.74) is 33.7. The van der Waals surface area contributed by atoms with Crippen molar-refractivity contribution < 1.29 is 82.4 Å². The fraction of sp³-hybridized carbons (Fsp3) is 0.518. The number of rotatable bonds is 27. The van der Waals surface area contributed by atoms with E-state index in [0.29, 0.717) is 11.1 Å². The molecule has 2 fully saturated rings. The van der Waals surface area contributed by atoms with Gasteiger partial charge in [-0.15, -0.1) is 0 Å². The number of phenols is 1. The van der Waals surface area contributed by atoms with Gasteiger partial charge in [0.25, 0.3) is 0 Å². The first kappa shape index (κ1) is 76.1. The first-order valence-electron chi connectivity index (χ1n) is 29.3. The summed E-state index contributed by atoms with van der Waals surface area (Å²) in [6.07, 6.45) is -3.68. The number of carbonyl (C=O) groups excluding carboxylic acids is 14. The van der Waals surface area contributed by atoms with E-state index in [-0.39, 0.29) is 63.3 Å². The lowest BCUT2D eigenvalue weighted by molar-refractivity contribution is -0.142. The number of guanidine groups is 1. The molecule has 2 aromatic rings. The van der Waals surface area contributed by atoms with Crippen LogP contribution in [0.5, 0.6) is 5.75 Å². The minimum atomic E-state index is -1.92.